The third kappa shape index (κ3) is 2.68. The van der Waals surface area contributed by atoms with E-state index in [4.69, 9.17) is 29.6 Å². The van der Waals surface area contributed by atoms with Crippen LogP contribution in [0, 0.1) is 6.92 Å². The van der Waals surface area contributed by atoms with E-state index in [1.807, 2.05) is 6.92 Å². The Bertz CT molecular complexity index is 643. The van der Waals surface area contributed by atoms with Gasteiger partial charge in [-0.05, 0) is 43.8 Å². The molecule has 0 bridgehead atoms. The summed E-state index contributed by atoms with van der Waals surface area (Å²) in [6, 6.07) is 4.50. The van der Waals surface area contributed by atoms with Gasteiger partial charge in [0, 0.05) is 5.02 Å². The van der Waals surface area contributed by atoms with E-state index >= 15 is 0 Å². The molecule has 0 unspecified atom stereocenters. The Morgan fingerprint density at radius 3 is 2.80 bits per heavy atom. The molecular weight excluding hydrogens is 298 g/mol. The maximum atomic E-state index is 12.0. The van der Waals surface area contributed by atoms with Gasteiger partial charge in [-0.1, -0.05) is 17.7 Å². The minimum Gasteiger partial charge on any atom is -0.374 e. The van der Waals surface area contributed by atoms with Gasteiger partial charge in [-0.15, -0.1) is 0 Å². The van der Waals surface area contributed by atoms with E-state index in [9.17, 15) is 4.79 Å². The van der Waals surface area contributed by atoms with Gasteiger partial charge in [0.05, 0.1) is 11.4 Å². The van der Waals surface area contributed by atoms with Gasteiger partial charge in [0.25, 0.3) is 5.91 Å². The summed E-state index contributed by atoms with van der Waals surface area (Å²) in [6.45, 7) is 3.50. The third-order valence-electron chi connectivity index (χ3n) is 2.82. The summed E-state index contributed by atoms with van der Waals surface area (Å²) in [5.74, 6) is -0.404. The van der Waals surface area contributed by atoms with E-state index in [0.717, 1.165) is 10.6 Å². The summed E-state index contributed by atoms with van der Waals surface area (Å²) in [7, 11) is 0. The van der Waals surface area contributed by atoms with Gasteiger partial charge < -0.3 is 5.73 Å². The molecule has 20 heavy (non-hydrogen) atoms. The molecule has 1 atom stereocenters. The van der Waals surface area contributed by atoms with E-state index in [-0.39, 0.29) is 5.11 Å². The van der Waals surface area contributed by atoms with Crippen LogP contribution in [0.3, 0.4) is 0 Å². The first-order valence-corrected chi connectivity index (χ1v) is 6.55. The fraction of sp³-hybridized carbons (Fsp3) is 0.250. The molecular formula is C12H12ClN5OS. The Morgan fingerprint density at radius 2 is 2.20 bits per heavy atom. The van der Waals surface area contributed by atoms with Crippen LogP contribution in [0.25, 0.3) is 0 Å². The molecule has 0 fully saturated rings. The molecule has 1 aromatic carbocycles. The van der Waals surface area contributed by atoms with Crippen molar-refractivity contribution in [3.05, 3.63) is 28.8 Å². The van der Waals surface area contributed by atoms with Gasteiger partial charge in [-0.25, -0.2) is 0 Å². The molecule has 0 saturated carbocycles. The first-order valence-electron chi connectivity index (χ1n) is 5.76. The number of carbonyl (C=O) groups is 1. The van der Waals surface area contributed by atoms with Crippen LogP contribution in [0.4, 0.5) is 5.69 Å². The Morgan fingerprint density at radius 1 is 1.50 bits per heavy atom. The van der Waals surface area contributed by atoms with Crippen LogP contribution < -0.4 is 5.73 Å². The Kier molecular flexibility index (Phi) is 4.10. The van der Waals surface area contributed by atoms with E-state index in [1.165, 1.54) is 0 Å². The molecule has 104 valence electrons. The lowest BCUT2D eigenvalue weighted by Gasteiger charge is -2.08. The summed E-state index contributed by atoms with van der Waals surface area (Å²) in [4.78, 5) is 12.0. The van der Waals surface area contributed by atoms with Gasteiger partial charge in [-0.2, -0.15) is 20.3 Å². The smallest absolute Gasteiger partial charge is 0.282 e. The number of benzene rings is 1. The first-order chi connectivity index (χ1) is 9.41. The fourth-order valence-corrected chi connectivity index (χ4v) is 1.97. The highest BCUT2D eigenvalue weighted by Crippen LogP contribution is 2.26. The number of nitrogens with zero attached hydrogens (tertiary/aromatic N) is 4. The van der Waals surface area contributed by atoms with Crippen molar-refractivity contribution in [1.29, 1.82) is 0 Å². The van der Waals surface area contributed by atoms with Crippen LogP contribution in [0.15, 0.2) is 33.5 Å². The lowest BCUT2D eigenvalue weighted by molar-refractivity contribution is -0.126. The molecule has 2 N–H and O–H groups in total. The molecule has 2 rings (SSSR count). The van der Waals surface area contributed by atoms with E-state index in [2.05, 4.69) is 15.3 Å². The van der Waals surface area contributed by atoms with Crippen molar-refractivity contribution in [3.8, 4) is 0 Å². The van der Waals surface area contributed by atoms with E-state index < -0.39 is 11.9 Å². The molecule has 1 heterocycles. The summed E-state index contributed by atoms with van der Waals surface area (Å²) < 4.78 is 0. The molecule has 8 heteroatoms. The molecule has 1 aliphatic rings. The Balaban J connectivity index is 2.25. The minimum atomic E-state index is -0.796. The van der Waals surface area contributed by atoms with Crippen LogP contribution in [0.5, 0.6) is 0 Å². The second-order valence-electron chi connectivity index (χ2n) is 4.23. The highest BCUT2D eigenvalue weighted by molar-refractivity contribution is 7.80. The molecule has 0 saturated heterocycles. The number of azo groups is 1. The van der Waals surface area contributed by atoms with Crippen molar-refractivity contribution >= 4 is 46.2 Å². The molecule has 0 aliphatic carbocycles. The predicted molar refractivity (Wildman–Crippen MR) is 81.2 cm³/mol. The van der Waals surface area contributed by atoms with Gasteiger partial charge >= 0.3 is 0 Å². The number of hydrogen-bond donors (Lipinski definition) is 1. The molecule has 1 amide bonds. The number of carbonyl (C=O) groups excluding carboxylic acids is 1. The maximum Gasteiger partial charge on any atom is 0.282 e. The zero-order valence-corrected chi connectivity index (χ0v) is 12.4. The second-order valence-corrected chi connectivity index (χ2v) is 5.06. The lowest BCUT2D eigenvalue weighted by atomic mass is 10.2. The molecule has 1 aromatic rings. The number of hydrazone groups is 1. The SMILES string of the molecule is CC1=NN(C(N)=S)C(=O)[C@H]1N=Nc1cccc(Cl)c1C. The summed E-state index contributed by atoms with van der Waals surface area (Å²) in [6.07, 6.45) is 0. The quantitative estimate of drug-likeness (QED) is 0.673. The topological polar surface area (TPSA) is 83.4 Å². The minimum absolute atomic E-state index is 0.106. The maximum absolute atomic E-state index is 12.0. The summed E-state index contributed by atoms with van der Waals surface area (Å²) >= 11 is 10.7. The number of nitrogens with two attached hydrogens (primary N) is 1. The largest absolute Gasteiger partial charge is 0.374 e. The van der Waals surface area contributed by atoms with E-state index in [0.29, 0.717) is 16.4 Å². The fourth-order valence-electron chi connectivity index (χ4n) is 1.67. The van der Waals surface area contributed by atoms with Crippen LogP contribution in [-0.4, -0.2) is 27.8 Å². The van der Waals surface area contributed by atoms with Crippen LogP contribution in [-0.2, 0) is 4.79 Å². The van der Waals surface area contributed by atoms with Crippen LogP contribution in [0.2, 0.25) is 5.02 Å². The normalized spacial score (nSPS) is 18.8. The number of rotatable bonds is 2. The number of halogens is 1. The monoisotopic (exact) mass is 309 g/mol. The van der Waals surface area contributed by atoms with Crippen LogP contribution >= 0.6 is 23.8 Å². The van der Waals surface area contributed by atoms with Gasteiger partial charge in [0.15, 0.2) is 11.2 Å². The number of thiocarbonyl (C=S) groups is 1. The van der Waals surface area contributed by atoms with Crippen molar-refractivity contribution in [1.82, 2.24) is 5.01 Å². The van der Waals surface area contributed by atoms with E-state index in [1.54, 1.807) is 25.1 Å². The van der Waals surface area contributed by atoms with Gasteiger partial charge in [0.1, 0.15) is 0 Å². The highest BCUT2D eigenvalue weighted by atomic mass is 35.5. The Labute approximate surface area is 126 Å². The molecule has 0 aromatic heterocycles. The zero-order valence-electron chi connectivity index (χ0n) is 10.9. The third-order valence-corrected chi connectivity index (χ3v) is 3.41. The van der Waals surface area contributed by atoms with Crippen molar-refractivity contribution in [2.45, 2.75) is 19.9 Å². The van der Waals surface area contributed by atoms with Crippen molar-refractivity contribution in [2.24, 2.45) is 21.1 Å². The summed E-state index contributed by atoms with van der Waals surface area (Å²) in [5.41, 5.74) is 7.29. The van der Waals surface area contributed by atoms with Crippen molar-refractivity contribution in [3.63, 3.8) is 0 Å². The van der Waals surface area contributed by atoms with Gasteiger partial charge in [-0.3, -0.25) is 4.79 Å². The average Bonchev–Trinajstić information content (AvgIpc) is 2.67. The number of hydrogen-bond acceptors (Lipinski definition) is 5. The zero-order chi connectivity index (χ0) is 14.9. The second kappa shape index (κ2) is 5.64. The first kappa shape index (κ1) is 14.5. The van der Waals surface area contributed by atoms with Gasteiger partial charge in [0.2, 0.25) is 0 Å². The molecule has 0 spiro atoms. The molecule has 6 nitrogen and oxygen atoms in total. The molecule has 0 radical (unpaired) electrons. The van der Waals surface area contributed by atoms with Crippen LogP contribution in [0.1, 0.15) is 12.5 Å². The number of amides is 1. The summed E-state index contributed by atoms with van der Waals surface area (Å²) in [5, 5.41) is 13.5. The predicted octanol–water partition coefficient (Wildman–Crippen LogP) is 2.56. The highest BCUT2D eigenvalue weighted by Gasteiger charge is 2.35. The van der Waals surface area contributed by atoms with Crippen molar-refractivity contribution < 1.29 is 4.79 Å². The average molecular weight is 310 g/mol. The lowest BCUT2D eigenvalue weighted by Crippen LogP contribution is -2.37. The standard InChI is InChI=1S/C12H12ClN5OS/c1-6-8(13)4-3-5-9(6)15-16-10-7(2)17-18(11(10)19)12(14)20/h3-5,10H,1-2H3,(H2,14,20)/t10-/m0/s1. The molecule has 1 aliphatic heterocycles. The Hall–Kier alpha value is -1.86. The van der Waals surface area contributed by atoms with Crippen molar-refractivity contribution in [2.75, 3.05) is 0 Å².